The van der Waals surface area contributed by atoms with E-state index in [1.54, 1.807) is 0 Å². The van der Waals surface area contributed by atoms with E-state index in [1.807, 2.05) is 38.2 Å². The molecule has 1 aromatic carbocycles. The number of aliphatic imine (C=N–C) groups is 1. The van der Waals surface area contributed by atoms with E-state index in [0.717, 1.165) is 22.3 Å². The number of amidine groups is 2. The van der Waals surface area contributed by atoms with Crippen molar-refractivity contribution in [3.05, 3.63) is 34.3 Å². The van der Waals surface area contributed by atoms with Crippen LogP contribution in [0.5, 0.6) is 0 Å². The minimum absolute atomic E-state index is 0.409. The fourth-order valence-electron chi connectivity index (χ4n) is 1.33. The summed E-state index contributed by atoms with van der Waals surface area (Å²) in [4.78, 5) is 4.26. The lowest BCUT2D eigenvalue weighted by Crippen LogP contribution is -2.21. The maximum absolute atomic E-state index is 7.69. The van der Waals surface area contributed by atoms with Crippen LogP contribution in [0.4, 0.5) is 0 Å². The van der Waals surface area contributed by atoms with E-state index < -0.39 is 0 Å². The molecule has 0 saturated heterocycles. The molecule has 0 aliphatic rings. The molecule has 0 aliphatic heterocycles. The smallest absolute Gasteiger partial charge is 0.135 e. The van der Waals surface area contributed by atoms with Crippen LogP contribution in [0.25, 0.3) is 0 Å². The van der Waals surface area contributed by atoms with Gasteiger partial charge in [-0.15, -0.1) is 0 Å². The molecule has 1 rings (SSSR count). The molecule has 16 heavy (non-hydrogen) atoms. The maximum atomic E-state index is 7.69. The number of hydrogen-bond acceptors (Lipinski definition) is 1. The van der Waals surface area contributed by atoms with E-state index in [4.69, 9.17) is 5.41 Å². The van der Waals surface area contributed by atoms with Crippen molar-refractivity contribution in [1.29, 1.82) is 5.41 Å². The number of halogens is 1. The van der Waals surface area contributed by atoms with Crippen molar-refractivity contribution < 1.29 is 0 Å². The van der Waals surface area contributed by atoms with E-state index in [9.17, 15) is 0 Å². The Morgan fingerprint density at radius 2 is 2.25 bits per heavy atom. The van der Waals surface area contributed by atoms with Gasteiger partial charge in [0, 0.05) is 23.5 Å². The number of benzene rings is 1. The van der Waals surface area contributed by atoms with E-state index >= 15 is 0 Å². The fraction of sp³-hybridized carbons (Fsp3) is 0.333. The van der Waals surface area contributed by atoms with Gasteiger partial charge in [0.2, 0.25) is 0 Å². The third-order valence-corrected chi connectivity index (χ3v) is 2.56. The maximum Gasteiger partial charge on any atom is 0.135 e. The van der Waals surface area contributed by atoms with E-state index in [-0.39, 0.29) is 0 Å². The summed E-state index contributed by atoms with van der Waals surface area (Å²) in [7, 11) is 1.82. The molecular weight excluding hydrogens is 266 g/mol. The Morgan fingerprint density at radius 3 is 2.81 bits per heavy atom. The molecular formula is C12H16BrN3. The molecule has 0 bridgehead atoms. The van der Waals surface area contributed by atoms with Crippen LogP contribution in [0.2, 0.25) is 0 Å². The van der Waals surface area contributed by atoms with Crippen LogP contribution in [0.1, 0.15) is 25.3 Å². The predicted octanol–water partition coefficient (Wildman–Crippen LogP) is 3.19. The summed E-state index contributed by atoms with van der Waals surface area (Å²) in [5.74, 6) is 1.14. The summed E-state index contributed by atoms with van der Waals surface area (Å²) >= 11 is 3.42. The summed E-state index contributed by atoms with van der Waals surface area (Å²) < 4.78 is 1.01. The molecule has 1 aromatic rings. The molecule has 0 fully saturated rings. The zero-order valence-corrected chi connectivity index (χ0v) is 11.1. The molecule has 86 valence electrons. The molecule has 0 heterocycles. The van der Waals surface area contributed by atoms with E-state index in [2.05, 4.69) is 26.2 Å². The van der Waals surface area contributed by atoms with Gasteiger partial charge in [-0.05, 0) is 18.6 Å². The fourth-order valence-corrected chi connectivity index (χ4v) is 1.73. The van der Waals surface area contributed by atoms with Crippen molar-refractivity contribution >= 4 is 27.6 Å². The highest BCUT2D eigenvalue weighted by Crippen LogP contribution is 2.12. The van der Waals surface area contributed by atoms with Crippen molar-refractivity contribution in [1.82, 2.24) is 5.32 Å². The molecule has 0 radical (unpaired) electrons. The monoisotopic (exact) mass is 281 g/mol. The molecule has 0 aliphatic carbocycles. The predicted molar refractivity (Wildman–Crippen MR) is 72.4 cm³/mol. The minimum atomic E-state index is 0.409. The first-order chi connectivity index (χ1) is 7.67. The number of hydrogen-bond donors (Lipinski definition) is 2. The Labute approximate surface area is 105 Å². The van der Waals surface area contributed by atoms with E-state index in [1.165, 1.54) is 0 Å². The normalized spacial score (nSPS) is 11.3. The Kier molecular flexibility index (Phi) is 5.19. The summed E-state index contributed by atoms with van der Waals surface area (Å²) in [6.07, 6.45) is 1.65. The SMILES string of the molecule is CCCC(=N)/N=C(\NC)c1cccc(Br)c1. The molecule has 0 unspecified atom stereocenters. The van der Waals surface area contributed by atoms with Crippen LogP contribution < -0.4 is 5.32 Å². The number of nitrogens with one attached hydrogen (secondary N) is 2. The average molecular weight is 282 g/mol. The highest BCUT2D eigenvalue weighted by atomic mass is 79.9. The lowest BCUT2D eigenvalue weighted by molar-refractivity contribution is 0.973. The van der Waals surface area contributed by atoms with Gasteiger partial charge in [0.05, 0.1) is 0 Å². The summed E-state index contributed by atoms with van der Waals surface area (Å²) in [6.45, 7) is 2.04. The average Bonchev–Trinajstić information content (AvgIpc) is 2.26. The van der Waals surface area contributed by atoms with Gasteiger partial charge in [0.1, 0.15) is 11.7 Å². The third kappa shape index (κ3) is 3.77. The van der Waals surface area contributed by atoms with Crippen LogP contribution in [0.15, 0.2) is 33.7 Å². The molecule has 0 aromatic heterocycles. The zero-order chi connectivity index (χ0) is 12.0. The van der Waals surface area contributed by atoms with Gasteiger partial charge < -0.3 is 5.32 Å². The second kappa shape index (κ2) is 6.43. The zero-order valence-electron chi connectivity index (χ0n) is 9.55. The van der Waals surface area contributed by atoms with Gasteiger partial charge >= 0.3 is 0 Å². The first kappa shape index (κ1) is 12.9. The second-order valence-corrected chi connectivity index (χ2v) is 4.33. The van der Waals surface area contributed by atoms with Crippen LogP contribution in [-0.2, 0) is 0 Å². The summed E-state index contributed by atoms with van der Waals surface area (Å²) in [6, 6.07) is 7.87. The molecule has 0 amide bonds. The standard InChI is InChI=1S/C12H16BrN3/c1-3-5-11(14)16-12(15-2)9-6-4-7-10(13)8-9/h4,6-8H,3,5H2,1-2H3,(H2,14,15,16). The molecule has 0 atom stereocenters. The van der Waals surface area contributed by atoms with Gasteiger partial charge in [-0.3, -0.25) is 5.41 Å². The number of rotatable bonds is 3. The van der Waals surface area contributed by atoms with Gasteiger partial charge in [-0.1, -0.05) is 35.0 Å². The lowest BCUT2D eigenvalue weighted by atomic mass is 10.2. The second-order valence-electron chi connectivity index (χ2n) is 3.42. The summed E-state index contributed by atoms with van der Waals surface area (Å²) in [5.41, 5.74) is 0.984. The van der Waals surface area contributed by atoms with Gasteiger partial charge in [-0.25, -0.2) is 4.99 Å². The van der Waals surface area contributed by atoms with Gasteiger partial charge in [0.25, 0.3) is 0 Å². The molecule has 0 spiro atoms. The first-order valence-electron chi connectivity index (χ1n) is 5.27. The highest BCUT2D eigenvalue weighted by Gasteiger charge is 2.02. The Hall–Kier alpha value is -1.16. The molecule has 2 N–H and O–H groups in total. The molecule has 3 nitrogen and oxygen atoms in total. The highest BCUT2D eigenvalue weighted by molar-refractivity contribution is 9.10. The van der Waals surface area contributed by atoms with Crippen LogP contribution in [-0.4, -0.2) is 18.7 Å². The van der Waals surface area contributed by atoms with Crippen LogP contribution in [0, 0.1) is 5.41 Å². The third-order valence-electron chi connectivity index (χ3n) is 2.07. The Balaban J connectivity index is 2.94. The van der Waals surface area contributed by atoms with Crippen LogP contribution in [0.3, 0.4) is 0 Å². The first-order valence-corrected chi connectivity index (χ1v) is 6.06. The van der Waals surface area contributed by atoms with Crippen LogP contribution >= 0.6 is 15.9 Å². The van der Waals surface area contributed by atoms with Crippen molar-refractivity contribution in [3.8, 4) is 0 Å². The van der Waals surface area contributed by atoms with Crippen molar-refractivity contribution in [2.75, 3.05) is 7.05 Å². The van der Waals surface area contributed by atoms with Crippen molar-refractivity contribution in [2.24, 2.45) is 4.99 Å². The van der Waals surface area contributed by atoms with Crippen molar-refractivity contribution in [2.45, 2.75) is 19.8 Å². The minimum Gasteiger partial charge on any atom is -0.373 e. The molecule has 0 saturated carbocycles. The Bertz CT molecular complexity index is 399. The summed E-state index contributed by atoms with van der Waals surface area (Å²) in [5, 5.41) is 10.7. The molecule has 4 heteroatoms. The largest absolute Gasteiger partial charge is 0.373 e. The van der Waals surface area contributed by atoms with Gasteiger partial charge in [-0.2, -0.15) is 0 Å². The van der Waals surface area contributed by atoms with E-state index in [0.29, 0.717) is 12.3 Å². The topological polar surface area (TPSA) is 48.2 Å². The quantitative estimate of drug-likeness (QED) is 0.649. The van der Waals surface area contributed by atoms with Crippen molar-refractivity contribution in [3.63, 3.8) is 0 Å². The van der Waals surface area contributed by atoms with Gasteiger partial charge in [0.15, 0.2) is 0 Å². The lowest BCUT2D eigenvalue weighted by Gasteiger charge is -2.06. The Morgan fingerprint density at radius 1 is 1.50 bits per heavy atom. The number of nitrogens with zero attached hydrogens (tertiary/aromatic N) is 1.